The second kappa shape index (κ2) is 5.64. The first-order valence-electron chi connectivity index (χ1n) is 8.08. The van der Waals surface area contributed by atoms with Crippen molar-refractivity contribution in [1.29, 1.82) is 0 Å². The second-order valence-corrected chi connectivity index (χ2v) is 6.28. The number of carbonyl (C=O) groups is 1. The summed E-state index contributed by atoms with van der Waals surface area (Å²) in [4.78, 5) is 25.0. The molecular formula is C16H20N6O. The molecular weight excluding hydrogens is 292 g/mol. The highest BCUT2D eigenvalue weighted by Crippen LogP contribution is 2.31. The number of aryl methyl sites for hydroxylation is 1. The van der Waals surface area contributed by atoms with Crippen molar-refractivity contribution >= 4 is 11.7 Å². The maximum Gasteiger partial charge on any atom is 0.225 e. The average molecular weight is 312 g/mol. The lowest BCUT2D eigenvalue weighted by molar-refractivity contribution is -0.132. The van der Waals surface area contributed by atoms with Gasteiger partial charge in [-0.05, 0) is 25.3 Å². The predicted molar refractivity (Wildman–Crippen MR) is 85.4 cm³/mol. The molecule has 0 aromatic carbocycles. The Morgan fingerprint density at radius 2 is 1.87 bits per heavy atom. The summed E-state index contributed by atoms with van der Waals surface area (Å²) in [5, 5.41) is 4.29. The number of nitrogens with zero attached hydrogens (tertiary/aromatic N) is 6. The van der Waals surface area contributed by atoms with Crippen molar-refractivity contribution < 1.29 is 4.79 Å². The molecule has 120 valence electrons. The Bertz CT molecular complexity index is 715. The summed E-state index contributed by atoms with van der Waals surface area (Å²) < 4.78 is 1.76. The fourth-order valence-corrected chi connectivity index (χ4v) is 2.92. The Morgan fingerprint density at radius 3 is 2.52 bits per heavy atom. The molecule has 1 aliphatic carbocycles. The number of anilines is 1. The minimum absolute atomic E-state index is 0.301. The lowest BCUT2D eigenvalue weighted by Gasteiger charge is -2.35. The van der Waals surface area contributed by atoms with Crippen LogP contribution >= 0.6 is 0 Å². The van der Waals surface area contributed by atoms with Crippen LogP contribution in [0.4, 0.5) is 5.82 Å². The van der Waals surface area contributed by atoms with Crippen molar-refractivity contribution in [2.75, 3.05) is 31.1 Å². The Balaban J connectivity index is 1.45. The highest BCUT2D eigenvalue weighted by atomic mass is 16.2. The van der Waals surface area contributed by atoms with Gasteiger partial charge in [-0.1, -0.05) is 0 Å². The number of amides is 1. The third-order valence-electron chi connectivity index (χ3n) is 4.43. The molecule has 4 rings (SSSR count). The van der Waals surface area contributed by atoms with E-state index in [2.05, 4.69) is 20.0 Å². The predicted octanol–water partition coefficient (Wildman–Crippen LogP) is 1.03. The number of rotatable bonds is 3. The van der Waals surface area contributed by atoms with E-state index >= 15 is 0 Å². The Labute approximate surface area is 134 Å². The Kier molecular flexibility index (Phi) is 3.48. The van der Waals surface area contributed by atoms with Crippen molar-refractivity contribution in [3.05, 3.63) is 30.4 Å². The third-order valence-corrected chi connectivity index (χ3v) is 4.43. The van der Waals surface area contributed by atoms with Crippen LogP contribution in [0.25, 0.3) is 5.82 Å². The normalized spacial score (nSPS) is 18.3. The molecule has 1 amide bonds. The highest BCUT2D eigenvalue weighted by molar-refractivity contribution is 5.81. The molecule has 1 saturated heterocycles. The molecule has 3 heterocycles. The van der Waals surface area contributed by atoms with Gasteiger partial charge in [-0.3, -0.25) is 4.79 Å². The minimum Gasteiger partial charge on any atom is -0.353 e. The molecule has 0 N–H and O–H groups in total. The fourth-order valence-electron chi connectivity index (χ4n) is 2.92. The van der Waals surface area contributed by atoms with E-state index in [-0.39, 0.29) is 0 Å². The quantitative estimate of drug-likeness (QED) is 0.847. The van der Waals surface area contributed by atoms with Gasteiger partial charge in [0.1, 0.15) is 12.1 Å². The van der Waals surface area contributed by atoms with Crippen molar-refractivity contribution in [2.45, 2.75) is 19.8 Å². The summed E-state index contributed by atoms with van der Waals surface area (Å²) in [6, 6.07) is 1.95. The zero-order valence-corrected chi connectivity index (χ0v) is 13.2. The lowest BCUT2D eigenvalue weighted by Crippen LogP contribution is -2.49. The average Bonchev–Trinajstić information content (AvgIpc) is 3.36. The standard InChI is InChI=1S/C16H20N6O/c1-12-9-19-22(10-12)15-8-14(17-11-18-15)20-4-6-21(7-5-20)16(23)13-2-3-13/h8-11,13H,2-7H2,1H3. The number of hydrogen-bond donors (Lipinski definition) is 0. The van der Waals surface area contributed by atoms with Gasteiger partial charge in [0.25, 0.3) is 0 Å². The van der Waals surface area contributed by atoms with Crippen LogP contribution in [-0.2, 0) is 4.79 Å². The molecule has 2 fully saturated rings. The molecule has 0 atom stereocenters. The maximum atomic E-state index is 12.1. The van der Waals surface area contributed by atoms with E-state index in [4.69, 9.17) is 0 Å². The first-order chi connectivity index (χ1) is 11.2. The molecule has 7 heteroatoms. The van der Waals surface area contributed by atoms with Gasteiger partial charge in [0, 0.05) is 44.4 Å². The number of aromatic nitrogens is 4. The van der Waals surface area contributed by atoms with Crippen LogP contribution in [0.5, 0.6) is 0 Å². The molecule has 2 aliphatic rings. The monoisotopic (exact) mass is 312 g/mol. The van der Waals surface area contributed by atoms with Gasteiger partial charge in [0.05, 0.1) is 6.20 Å². The van der Waals surface area contributed by atoms with Crippen molar-refractivity contribution in [1.82, 2.24) is 24.6 Å². The maximum absolute atomic E-state index is 12.1. The molecule has 0 unspecified atom stereocenters. The summed E-state index contributed by atoms with van der Waals surface area (Å²) in [6.45, 7) is 5.17. The van der Waals surface area contributed by atoms with Crippen LogP contribution in [0.2, 0.25) is 0 Å². The summed E-state index contributed by atoms with van der Waals surface area (Å²) in [6.07, 6.45) is 7.46. The minimum atomic E-state index is 0.301. The van der Waals surface area contributed by atoms with E-state index in [9.17, 15) is 4.79 Å². The van der Waals surface area contributed by atoms with Crippen LogP contribution < -0.4 is 4.90 Å². The number of carbonyl (C=O) groups excluding carboxylic acids is 1. The molecule has 2 aromatic rings. The van der Waals surface area contributed by atoms with Gasteiger partial charge in [-0.25, -0.2) is 14.6 Å². The van der Waals surface area contributed by atoms with Gasteiger partial charge in [-0.2, -0.15) is 5.10 Å². The van der Waals surface area contributed by atoms with Crippen molar-refractivity contribution in [2.24, 2.45) is 5.92 Å². The first kappa shape index (κ1) is 14.2. The topological polar surface area (TPSA) is 67.2 Å². The largest absolute Gasteiger partial charge is 0.353 e. The highest BCUT2D eigenvalue weighted by Gasteiger charge is 2.34. The molecule has 1 aliphatic heterocycles. The van der Waals surface area contributed by atoms with Crippen LogP contribution in [0.15, 0.2) is 24.8 Å². The van der Waals surface area contributed by atoms with E-state index in [0.29, 0.717) is 11.8 Å². The molecule has 23 heavy (non-hydrogen) atoms. The molecule has 1 saturated carbocycles. The number of piperazine rings is 1. The SMILES string of the molecule is Cc1cnn(-c2cc(N3CCN(C(=O)C4CC4)CC3)ncn2)c1. The van der Waals surface area contributed by atoms with Gasteiger partial charge in [-0.15, -0.1) is 0 Å². The van der Waals surface area contributed by atoms with Crippen molar-refractivity contribution in [3.8, 4) is 5.82 Å². The molecule has 7 nitrogen and oxygen atoms in total. The van der Waals surface area contributed by atoms with E-state index in [0.717, 1.165) is 56.2 Å². The number of hydrogen-bond acceptors (Lipinski definition) is 5. The molecule has 0 bridgehead atoms. The third kappa shape index (κ3) is 2.91. The van der Waals surface area contributed by atoms with Crippen molar-refractivity contribution in [3.63, 3.8) is 0 Å². The van der Waals surface area contributed by atoms with E-state index in [1.165, 1.54) is 0 Å². The van der Waals surface area contributed by atoms with E-state index in [1.54, 1.807) is 11.0 Å². The van der Waals surface area contributed by atoms with Crippen LogP contribution in [0.1, 0.15) is 18.4 Å². The summed E-state index contributed by atoms with van der Waals surface area (Å²) in [5.74, 6) is 2.29. The zero-order chi connectivity index (χ0) is 15.8. The second-order valence-electron chi connectivity index (χ2n) is 6.28. The Hall–Kier alpha value is -2.44. The Morgan fingerprint density at radius 1 is 1.13 bits per heavy atom. The summed E-state index contributed by atoms with van der Waals surface area (Å²) in [5.41, 5.74) is 1.09. The van der Waals surface area contributed by atoms with Gasteiger partial charge < -0.3 is 9.80 Å². The van der Waals surface area contributed by atoms with Crippen LogP contribution in [0.3, 0.4) is 0 Å². The fraction of sp³-hybridized carbons (Fsp3) is 0.500. The summed E-state index contributed by atoms with van der Waals surface area (Å²) >= 11 is 0. The smallest absolute Gasteiger partial charge is 0.225 e. The lowest BCUT2D eigenvalue weighted by atomic mass is 10.2. The van der Waals surface area contributed by atoms with Crippen LogP contribution in [-0.4, -0.2) is 56.7 Å². The van der Waals surface area contributed by atoms with Gasteiger partial charge >= 0.3 is 0 Å². The van der Waals surface area contributed by atoms with E-state index < -0.39 is 0 Å². The zero-order valence-electron chi connectivity index (χ0n) is 13.2. The van der Waals surface area contributed by atoms with E-state index in [1.807, 2.05) is 30.3 Å². The molecule has 0 radical (unpaired) electrons. The summed E-state index contributed by atoms with van der Waals surface area (Å²) in [7, 11) is 0. The van der Waals surface area contributed by atoms with Crippen LogP contribution in [0, 0.1) is 12.8 Å². The van der Waals surface area contributed by atoms with Gasteiger partial charge in [0.15, 0.2) is 5.82 Å². The molecule has 2 aromatic heterocycles. The van der Waals surface area contributed by atoms with Gasteiger partial charge in [0.2, 0.25) is 5.91 Å². The molecule has 0 spiro atoms. The first-order valence-corrected chi connectivity index (χ1v) is 8.08.